The Hall–Kier alpha value is -2.47. The summed E-state index contributed by atoms with van der Waals surface area (Å²) in [5.41, 5.74) is -0.808. The largest absolute Gasteiger partial charge is 0.390 e. The highest BCUT2D eigenvalue weighted by atomic mass is 35.5. The van der Waals surface area contributed by atoms with E-state index in [-0.39, 0.29) is 38.6 Å². The zero-order chi connectivity index (χ0) is 23.3. The maximum Gasteiger partial charge on any atom is 0.255 e. The summed E-state index contributed by atoms with van der Waals surface area (Å²) in [5, 5.41) is 21.3. The number of benzene rings is 2. The Morgan fingerprint density at radius 2 is 1.88 bits per heavy atom. The Labute approximate surface area is 190 Å². The maximum atomic E-state index is 13.8. The molecule has 0 spiro atoms. The average molecular weight is 477 g/mol. The molecular weight excluding hydrogens is 455 g/mol. The number of amides is 1. The number of rotatable bonds is 4. The number of halogens is 2. The fourth-order valence-corrected chi connectivity index (χ4v) is 7.35. The van der Waals surface area contributed by atoms with Gasteiger partial charge in [0.2, 0.25) is 0 Å². The zero-order valence-corrected chi connectivity index (χ0v) is 18.9. The van der Waals surface area contributed by atoms with Crippen molar-refractivity contribution in [3.63, 3.8) is 0 Å². The van der Waals surface area contributed by atoms with E-state index in [4.69, 9.17) is 16.9 Å². The molecule has 168 valence electrons. The number of anilines is 1. The van der Waals surface area contributed by atoms with Gasteiger partial charge in [-0.15, -0.1) is 0 Å². The molecule has 4 atom stereocenters. The molecule has 0 heterocycles. The molecule has 32 heavy (non-hydrogen) atoms. The van der Waals surface area contributed by atoms with Crippen molar-refractivity contribution in [2.45, 2.75) is 48.4 Å². The minimum Gasteiger partial charge on any atom is -0.390 e. The predicted molar refractivity (Wildman–Crippen MR) is 118 cm³/mol. The van der Waals surface area contributed by atoms with Gasteiger partial charge in [0.1, 0.15) is 11.9 Å². The summed E-state index contributed by atoms with van der Waals surface area (Å²) in [7, 11) is -3.83. The van der Waals surface area contributed by atoms with E-state index in [1.54, 1.807) is 13.0 Å². The van der Waals surface area contributed by atoms with Crippen molar-refractivity contribution in [2.75, 3.05) is 5.32 Å². The maximum absolute atomic E-state index is 13.8. The van der Waals surface area contributed by atoms with Gasteiger partial charge in [0.25, 0.3) is 5.91 Å². The molecule has 4 rings (SSSR count). The second-order valence-electron chi connectivity index (χ2n) is 8.74. The van der Waals surface area contributed by atoms with Crippen LogP contribution in [0.5, 0.6) is 0 Å². The highest BCUT2D eigenvalue weighted by molar-refractivity contribution is 7.92. The van der Waals surface area contributed by atoms with Crippen molar-refractivity contribution in [2.24, 2.45) is 11.8 Å². The van der Waals surface area contributed by atoms with Crippen molar-refractivity contribution in [1.29, 1.82) is 5.26 Å². The molecule has 2 aromatic rings. The normalized spacial score (nSPS) is 27.0. The van der Waals surface area contributed by atoms with Crippen molar-refractivity contribution in [3.05, 3.63) is 58.4 Å². The first-order chi connectivity index (χ1) is 15.0. The summed E-state index contributed by atoms with van der Waals surface area (Å²) in [5.74, 6) is -1.57. The van der Waals surface area contributed by atoms with Crippen LogP contribution in [0.25, 0.3) is 0 Å². The zero-order valence-electron chi connectivity index (χ0n) is 17.3. The summed E-state index contributed by atoms with van der Waals surface area (Å²) in [4.78, 5) is 12.6. The van der Waals surface area contributed by atoms with E-state index in [2.05, 4.69) is 5.32 Å². The van der Waals surface area contributed by atoms with Gasteiger partial charge < -0.3 is 10.4 Å². The van der Waals surface area contributed by atoms with Crippen LogP contribution in [0.15, 0.2) is 41.3 Å². The van der Waals surface area contributed by atoms with Crippen LogP contribution in [0.1, 0.15) is 48.5 Å². The number of hydrogen-bond acceptors (Lipinski definition) is 5. The van der Waals surface area contributed by atoms with Crippen LogP contribution in [0.2, 0.25) is 5.02 Å². The van der Waals surface area contributed by atoms with Crippen molar-refractivity contribution in [3.8, 4) is 6.07 Å². The monoisotopic (exact) mass is 476 g/mol. The third kappa shape index (κ3) is 3.90. The number of fused-ring (bicyclic) bond motifs is 2. The molecule has 9 heteroatoms. The molecule has 0 radical (unpaired) electrons. The van der Waals surface area contributed by atoms with E-state index in [0.29, 0.717) is 12.8 Å². The smallest absolute Gasteiger partial charge is 0.255 e. The van der Waals surface area contributed by atoms with Crippen molar-refractivity contribution >= 4 is 33.0 Å². The number of aliphatic hydroxyl groups is 1. The third-order valence-corrected chi connectivity index (χ3v) is 9.55. The van der Waals surface area contributed by atoms with E-state index in [1.165, 1.54) is 30.3 Å². The molecule has 2 aliphatic carbocycles. The van der Waals surface area contributed by atoms with Crippen molar-refractivity contribution < 1.29 is 22.7 Å². The average Bonchev–Trinajstić information content (AvgIpc) is 2.91. The molecule has 0 aromatic heterocycles. The van der Waals surface area contributed by atoms with Crippen LogP contribution in [0.3, 0.4) is 0 Å². The second kappa shape index (κ2) is 8.14. The summed E-state index contributed by atoms with van der Waals surface area (Å²) < 4.78 is 40.6. The molecule has 1 unspecified atom stereocenters. The fourth-order valence-electron chi connectivity index (χ4n) is 4.95. The Balaban J connectivity index is 1.59. The van der Waals surface area contributed by atoms with Gasteiger partial charge in [-0.25, -0.2) is 12.8 Å². The molecule has 6 nitrogen and oxygen atoms in total. The lowest BCUT2D eigenvalue weighted by Crippen LogP contribution is -2.45. The van der Waals surface area contributed by atoms with Crippen LogP contribution in [-0.2, 0) is 9.84 Å². The van der Waals surface area contributed by atoms with Gasteiger partial charge in [-0.1, -0.05) is 11.6 Å². The van der Waals surface area contributed by atoms with Gasteiger partial charge in [-0.2, -0.15) is 5.26 Å². The number of nitriles is 1. The molecular formula is C23H22ClFN2O4S. The number of carbonyl (C=O) groups excluding carboxylic acids is 1. The van der Waals surface area contributed by atoms with Crippen molar-refractivity contribution in [1.82, 2.24) is 0 Å². The van der Waals surface area contributed by atoms with Gasteiger partial charge in [-0.05, 0) is 80.8 Å². The Bertz CT molecular complexity index is 1220. The third-order valence-electron chi connectivity index (χ3n) is 6.90. The standard InChI is InChI=1S/C23H22ClFN2O4S/c1-23(29)15-4-5-16(23)10-18(9-15)32(30,31)21-8-13(3-7-19(21)24)22(28)27-17-6-2-14(12-26)20(25)11-17/h2-3,6-8,11,15-16,18,29H,4-5,9-10H2,1H3,(H,27,28)/t15-,16?,18-,23+/m1/s1. The molecule has 0 saturated heterocycles. The first-order valence-corrected chi connectivity index (χ1v) is 12.2. The van der Waals surface area contributed by atoms with Gasteiger partial charge in [0.05, 0.1) is 26.3 Å². The highest BCUT2D eigenvalue weighted by Crippen LogP contribution is 2.51. The predicted octanol–water partition coefficient (Wildman–Crippen LogP) is 4.32. The molecule has 2 N–H and O–H groups in total. The number of nitrogens with zero attached hydrogens (tertiary/aromatic N) is 1. The summed E-state index contributed by atoms with van der Waals surface area (Å²) >= 11 is 6.22. The molecule has 2 bridgehead atoms. The number of nitrogens with one attached hydrogen (secondary N) is 1. The molecule has 2 saturated carbocycles. The minimum absolute atomic E-state index is 0.0237. The molecule has 1 amide bonds. The molecule has 0 aliphatic heterocycles. The molecule has 2 aliphatic rings. The van der Waals surface area contributed by atoms with Crippen LogP contribution >= 0.6 is 11.6 Å². The Morgan fingerprint density at radius 1 is 1.22 bits per heavy atom. The summed E-state index contributed by atoms with van der Waals surface area (Å²) in [6.45, 7) is 1.78. The van der Waals surface area contributed by atoms with Crippen LogP contribution in [0, 0.1) is 29.0 Å². The number of hydrogen-bond donors (Lipinski definition) is 2. The fraction of sp³-hybridized carbons (Fsp3) is 0.391. The van der Waals surface area contributed by atoms with Crippen LogP contribution in [-0.4, -0.2) is 30.3 Å². The Kier molecular flexibility index (Phi) is 5.78. The quantitative estimate of drug-likeness (QED) is 0.683. The van der Waals surface area contributed by atoms with E-state index in [1.807, 2.05) is 0 Å². The first-order valence-electron chi connectivity index (χ1n) is 10.3. The highest BCUT2D eigenvalue weighted by Gasteiger charge is 2.53. The number of sulfone groups is 1. The van der Waals surface area contributed by atoms with E-state index < -0.39 is 32.4 Å². The number of carbonyl (C=O) groups is 1. The van der Waals surface area contributed by atoms with Gasteiger partial charge in [0.15, 0.2) is 9.84 Å². The summed E-state index contributed by atoms with van der Waals surface area (Å²) in [6, 6.07) is 9.34. The van der Waals surface area contributed by atoms with E-state index in [0.717, 1.165) is 18.9 Å². The van der Waals surface area contributed by atoms with Crippen LogP contribution in [0.4, 0.5) is 10.1 Å². The summed E-state index contributed by atoms with van der Waals surface area (Å²) in [6.07, 6.45) is 2.29. The van der Waals surface area contributed by atoms with E-state index in [9.17, 15) is 22.7 Å². The van der Waals surface area contributed by atoms with Gasteiger partial charge >= 0.3 is 0 Å². The second-order valence-corrected chi connectivity index (χ2v) is 11.3. The lowest BCUT2D eigenvalue weighted by atomic mass is 9.76. The topological polar surface area (TPSA) is 107 Å². The lowest BCUT2D eigenvalue weighted by Gasteiger charge is -2.40. The van der Waals surface area contributed by atoms with E-state index >= 15 is 0 Å². The SMILES string of the molecule is C[C@@]1(O)C2CC[C@@H]1C[C@@H](S(=O)(=O)c1cc(C(=O)Nc3ccc(C#N)c(F)c3)ccc1Cl)C2. The molecule has 2 aromatic carbocycles. The van der Waals surface area contributed by atoms with Crippen LogP contribution < -0.4 is 5.32 Å². The van der Waals surface area contributed by atoms with Gasteiger partial charge in [0, 0.05) is 11.3 Å². The Morgan fingerprint density at radius 3 is 2.47 bits per heavy atom. The minimum atomic E-state index is -3.83. The van der Waals surface area contributed by atoms with Gasteiger partial charge in [-0.3, -0.25) is 4.79 Å². The lowest BCUT2D eigenvalue weighted by molar-refractivity contribution is -0.0413. The first kappa shape index (κ1) is 22.7. The molecule has 2 fully saturated rings.